The molecule has 1 atom stereocenters. The van der Waals surface area contributed by atoms with E-state index in [9.17, 15) is 13.2 Å². The Balaban J connectivity index is 2.07. The summed E-state index contributed by atoms with van der Waals surface area (Å²) >= 11 is 0. The zero-order chi connectivity index (χ0) is 11.8. The first-order valence-corrected chi connectivity index (χ1v) is 5.59. The molecular formula is C11H15F3N2. The van der Waals surface area contributed by atoms with Crippen molar-refractivity contribution in [3.63, 3.8) is 0 Å². The summed E-state index contributed by atoms with van der Waals surface area (Å²) in [5.74, 6) is -0.286. The molecule has 2 nitrogen and oxygen atoms in total. The van der Waals surface area contributed by atoms with Crippen molar-refractivity contribution < 1.29 is 13.2 Å². The number of hydrogen-bond donors (Lipinski definition) is 0. The van der Waals surface area contributed by atoms with Gasteiger partial charge in [-0.1, -0.05) is 6.92 Å². The van der Waals surface area contributed by atoms with Crippen molar-refractivity contribution in [2.24, 2.45) is 5.92 Å². The van der Waals surface area contributed by atoms with Crippen molar-refractivity contribution >= 4 is 0 Å². The van der Waals surface area contributed by atoms with E-state index < -0.39 is 12.6 Å². The minimum Gasteiger partial charge on any atom is -0.334 e. The van der Waals surface area contributed by atoms with Crippen molar-refractivity contribution in [1.29, 1.82) is 0 Å². The van der Waals surface area contributed by atoms with Gasteiger partial charge in [0, 0.05) is 18.7 Å². The fourth-order valence-electron chi connectivity index (χ4n) is 2.39. The molecule has 1 aliphatic heterocycles. The molecule has 5 heteroatoms. The maximum atomic E-state index is 12.3. The second-order valence-electron chi connectivity index (χ2n) is 4.37. The Morgan fingerprint density at radius 1 is 1.50 bits per heavy atom. The number of halogens is 3. The molecule has 0 bridgehead atoms. The van der Waals surface area contributed by atoms with Crippen LogP contribution in [0.25, 0.3) is 0 Å². The monoisotopic (exact) mass is 232 g/mol. The van der Waals surface area contributed by atoms with E-state index in [1.165, 1.54) is 0 Å². The fourth-order valence-corrected chi connectivity index (χ4v) is 2.39. The number of rotatable bonds is 2. The summed E-state index contributed by atoms with van der Waals surface area (Å²) in [5.41, 5.74) is 2.16. The van der Waals surface area contributed by atoms with E-state index in [2.05, 4.69) is 4.98 Å². The highest BCUT2D eigenvalue weighted by molar-refractivity contribution is 5.15. The highest BCUT2D eigenvalue weighted by Crippen LogP contribution is 2.32. The summed E-state index contributed by atoms with van der Waals surface area (Å²) in [6.45, 7) is 2.48. The van der Waals surface area contributed by atoms with E-state index in [4.69, 9.17) is 0 Å². The van der Waals surface area contributed by atoms with Gasteiger partial charge in [-0.3, -0.25) is 0 Å². The maximum Gasteiger partial charge on any atom is 0.389 e. The third-order valence-corrected chi connectivity index (χ3v) is 3.13. The quantitative estimate of drug-likeness (QED) is 0.766. The molecule has 2 rings (SSSR count). The molecule has 1 aliphatic rings. The van der Waals surface area contributed by atoms with E-state index in [0.717, 1.165) is 24.2 Å². The summed E-state index contributed by atoms with van der Waals surface area (Å²) < 4.78 is 38.7. The minimum absolute atomic E-state index is 0.286. The molecule has 1 unspecified atom stereocenters. The molecule has 16 heavy (non-hydrogen) atoms. The lowest BCUT2D eigenvalue weighted by atomic mass is 9.93. The molecule has 2 heterocycles. The van der Waals surface area contributed by atoms with Crippen LogP contribution in [0.5, 0.6) is 0 Å². The average molecular weight is 232 g/mol. The van der Waals surface area contributed by atoms with Crippen LogP contribution in [-0.2, 0) is 19.4 Å². The smallest absolute Gasteiger partial charge is 0.334 e. The Labute approximate surface area is 92.5 Å². The molecule has 1 aromatic heterocycles. The highest BCUT2D eigenvalue weighted by Gasteiger charge is 2.33. The number of alkyl halides is 3. The second kappa shape index (κ2) is 4.11. The van der Waals surface area contributed by atoms with Crippen LogP contribution in [-0.4, -0.2) is 15.7 Å². The van der Waals surface area contributed by atoms with Crippen LogP contribution in [0.15, 0.2) is 6.33 Å². The molecule has 0 amide bonds. The van der Waals surface area contributed by atoms with Crippen molar-refractivity contribution in [3.8, 4) is 0 Å². The second-order valence-corrected chi connectivity index (χ2v) is 4.37. The number of nitrogens with zero attached hydrogens (tertiary/aromatic N) is 2. The van der Waals surface area contributed by atoms with Crippen LogP contribution in [0.3, 0.4) is 0 Å². The van der Waals surface area contributed by atoms with E-state index in [1.54, 1.807) is 6.33 Å². The van der Waals surface area contributed by atoms with Crippen molar-refractivity contribution in [3.05, 3.63) is 17.7 Å². The van der Waals surface area contributed by atoms with Gasteiger partial charge in [0.2, 0.25) is 0 Å². The predicted molar refractivity (Wildman–Crippen MR) is 54.1 cm³/mol. The van der Waals surface area contributed by atoms with Crippen LogP contribution in [0, 0.1) is 5.92 Å². The van der Waals surface area contributed by atoms with Gasteiger partial charge in [0.15, 0.2) is 0 Å². The van der Waals surface area contributed by atoms with Gasteiger partial charge >= 0.3 is 6.18 Å². The van der Waals surface area contributed by atoms with Gasteiger partial charge in [-0.2, -0.15) is 13.2 Å². The van der Waals surface area contributed by atoms with Crippen molar-refractivity contribution in [1.82, 2.24) is 9.55 Å². The van der Waals surface area contributed by atoms with Gasteiger partial charge in [-0.05, 0) is 25.2 Å². The molecule has 0 saturated carbocycles. The molecule has 0 aliphatic carbocycles. The van der Waals surface area contributed by atoms with E-state index >= 15 is 0 Å². The first kappa shape index (κ1) is 11.5. The normalized spacial score (nSPS) is 20.9. The van der Waals surface area contributed by atoms with E-state index in [1.807, 2.05) is 11.5 Å². The molecule has 90 valence electrons. The Morgan fingerprint density at radius 2 is 2.25 bits per heavy atom. The lowest BCUT2D eigenvalue weighted by molar-refractivity contribution is -0.146. The Morgan fingerprint density at radius 3 is 2.88 bits per heavy atom. The molecule has 0 fully saturated rings. The van der Waals surface area contributed by atoms with Gasteiger partial charge in [0.25, 0.3) is 0 Å². The standard InChI is InChI=1S/C11H15F3N2/c1-2-9-10-4-3-8(5-11(12,13)14)6-16(10)7-15-9/h7-8H,2-6H2,1H3. The molecule has 1 aromatic rings. The molecule has 0 aromatic carbocycles. The SMILES string of the molecule is CCc1ncn2c1CCC(CC(F)(F)F)C2. The zero-order valence-corrected chi connectivity index (χ0v) is 9.22. The summed E-state index contributed by atoms with van der Waals surface area (Å²) in [6.07, 6.45) is -0.840. The third kappa shape index (κ3) is 2.39. The zero-order valence-electron chi connectivity index (χ0n) is 9.22. The number of aromatic nitrogens is 2. The van der Waals surface area contributed by atoms with Gasteiger partial charge in [-0.15, -0.1) is 0 Å². The number of hydrogen-bond acceptors (Lipinski definition) is 1. The Hall–Kier alpha value is -1.00. The van der Waals surface area contributed by atoms with Crippen LogP contribution in [0.4, 0.5) is 13.2 Å². The summed E-state index contributed by atoms with van der Waals surface area (Å²) in [7, 11) is 0. The van der Waals surface area contributed by atoms with Gasteiger partial charge in [-0.25, -0.2) is 4.98 Å². The van der Waals surface area contributed by atoms with Crippen LogP contribution in [0.1, 0.15) is 31.2 Å². The first-order valence-electron chi connectivity index (χ1n) is 5.59. The number of imidazole rings is 1. The molecule has 0 spiro atoms. The highest BCUT2D eigenvalue weighted by atomic mass is 19.4. The Kier molecular flexibility index (Phi) is 2.95. The fraction of sp³-hybridized carbons (Fsp3) is 0.727. The molecule has 0 saturated heterocycles. The first-order chi connectivity index (χ1) is 7.49. The summed E-state index contributed by atoms with van der Waals surface area (Å²) in [6, 6.07) is 0. The minimum atomic E-state index is -4.05. The van der Waals surface area contributed by atoms with E-state index in [-0.39, 0.29) is 5.92 Å². The molecule has 0 radical (unpaired) electrons. The van der Waals surface area contributed by atoms with Crippen LogP contribution < -0.4 is 0 Å². The number of fused-ring (bicyclic) bond motifs is 1. The molecular weight excluding hydrogens is 217 g/mol. The van der Waals surface area contributed by atoms with Crippen LogP contribution in [0.2, 0.25) is 0 Å². The van der Waals surface area contributed by atoms with Crippen molar-refractivity contribution in [2.45, 2.75) is 45.3 Å². The average Bonchev–Trinajstić information content (AvgIpc) is 2.57. The number of aryl methyl sites for hydroxylation is 1. The summed E-state index contributed by atoms with van der Waals surface area (Å²) in [4.78, 5) is 4.23. The summed E-state index contributed by atoms with van der Waals surface area (Å²) in [5, 5.41) is 0. The lowest BCUT2D eigenvalue weighted by Crippen LogP contribution is -2.25. The topological polar surface area (TPSA) is 17.8 Å². The van der Waals surface area contributed by atoms with E-state index in [0.29, 0.717) is 13.0 Å². The third-order valence-electron chi connectivity index (χ3n) is 3.13. The maximum absolute atomic E-state index is 12.3. The van der Waals surface area contributed by atoms with Gasteiger partial charge in [0.05, 0.1) is 12.0 Å². The van der Waals surface area contributed by atoms with Crippen LogP contribution >= 0.6 is 0 Å². The van der Waals surface area contributed by atoms with Crippen molar-refractivity contribution in [2.75, 3.05) is 0 Å². The largest absolute Gasteiger partial charge is 0.389 e. The molecule has 0 N–H and O–H groups in total. The lowest BCUT2D eigenvalue weighted by Gasteiger charge is -2.25. The predicted octanol–water partition coefficient (Wildman–Crippen LogP) is 2.96. The Bertz CT molecular complexity index is 368. The van der Waals surface area contributed by atoms with Gasteiger partial charge in [0.1, 0.15) is 0 Å². The van der Waals surface area contributed by atoms with Gasteiger partial charge < -0.3 is 4.57 Å².